The molecule has 0 spiro atoms. The number of hydrogen-bond acceptors (Lipinski definition) is 6. The monoisotopic (exact) mass is 518 g/mol. The van der Waals surface area contributed by atoms with Crippen LogP contribution in [-0.4, -0.2) is 65.5 Å². The number of benzene rings is 2. The molecule has 38 heavy (non-hydrogen) atoms. The van der Waals surface area contributed by atoms with E-state index in [1.165, 1.54) is 18.8 Å². The van der Waals surface area contributed by atoms with E-state index in [-0.39, 0.29) is 18.2 Å². The van der Waals surface area contributed by atoms with Crippen LogP contribution in [0, 0.1) is 11.8 Å². The maximum atomic E-state index is 13.3. The van der Waals surface area contributed by atoms with E-state index in [1.54, 1.807) is 7.11 Å². The van der Waals surface area contributed by atoms with Crippen LogP contribution in [0.3, 0.4) is 0 Å². The lowest BCUT2D eigenvalue weighted by Gasteiger charge is -2.19. The van der Waals surface area contributed by atoms with Crippen molar-refractivity contribution in [1.29, 1.82) is 0 Å². The molecular weight excluding hydrogens is 483 g/mol. The van der Waals surface area contributed by atoms with Crippen molar-refractivity contribution in [2.24, 2.45) is 0 Å². The first kappa shape index (κ1) is 27.5. The molecule has 1 saturated heterocycles. The summed E-state index contributed by atoms with van der Waals surface area (Å²) in [7, 11) is 1.78. The number of nitrogens with zero attached hydrogens (tertiary/aromatic N) is 2. The first-order valence-electron chi connectivity index (χ1n) is 13.0. The standard InChI is InChI=1S/C30H35FN4O3/c1-21(31)16-32-17-26(15-28-29(36)30(37)34-20-33-28)25-11-9-23(10-12-25)4-3-22-5-7-24(8-6-22)18-35-14-13-27(19-35)38-2/h5-12,20-21,26-27,32,36H,13-19H2,1-2H3,(H,33,34,37)/t21?,26-,27-/m1/s1. The number of alkyl halides is 1. The average molecular weight is 519 g/mol. The van der Waals surface area contributed by atoms with Gasteiger partial charge in [0.1, 0.15) is 6.17 Å². The van der Waals surface area contributed by atoms with Crippen molar-refractivity contribution in [3.63, 3.8) is 0 Å². The number of nitrogens with one attached hydrogen (secondary N) is 2. The zero-order valence-corrected chi connectivity index (χ0v) is 21.9. The predicted molar refractivity (Wildman–Crippen MR) is 146 cm³/mol. The summed E-state index contributed by atoms with van der Waals surface area (Å²) in [5.74, 6) is 5.95. The first-order chi connectivity index (χ1) is 18.4. The van der Waals surface area contributed by atoms with E-state index in [0.29, 0.717) is 24.8 Å². The molecule has 4 rings (SSSR count). The molecule has 0 amide bonds. The van der Waals surface area contributed by atoms with Crippen molar-refractivity contribution < 1.29 is 14.2 Å². The summed E-state index contributed by atoms with van der Waals surface area (Å²) in [6.07, 6.45) is 2.06. The molecule has 1 fully saturated rings. The first-order valence-corrected chi connectivity index (χ1v) is 13.0. The molecule has 1 unspecified atom stereocenters. The summed E-state index contributed by atoms with van der Waals surface area (Å²) in [5, 5.41) is 13.2. The quantitative estimate of drug-likeness (QED) is 0.357. The molecule has 2 aromatic carbocycles. The van der Waals surface area contributed by atoms with Crippen LogP contribution >= 0.6 is 0 Å². The minimum absolute atomic E-state index is 0.113. The Balaban J connectivity index is 1.41. The van der Waals surface area contributed by atoms with E-state index < -0.39 is 11.7 Å². The third-order valence-electron chi connectivity index (χ3n) is 6.82. The molecule has 0 bridgehead atoms. The Morgan fingerprint density at radius 1 is 1.16 bits per heavy atom. The Bertz CT molecular complexity index is 1300. The summed E-state index contributed by atoms with van der Waals surface area (Å²) >= 11 is 0. The van der Waals surface area contributed by atoms with Crippen molar-refractivity contribution in [2.75, 3.05) is 33.3 Å². The number of ether oxygens (including phenoxy) is 1. The van der Waals surface area contributed by atoms with Crippen LogP contribution in [-0.2, 0) is 17.7 Å². The van der Waals surface area contributed by atoms with Gasteiger partial charge in [-0.15, -0.1) is 0 Å². The number of aromatic nitrogens is 2. The van der Waals surface area contributed by atoms with Crippen LogP contribution < -0.4 is 10.9 Å². The zero-order chi connectivity index (χ0) is 26.9. The Kier molecular flexibility index (Phi) is 9.66. The smallest absolute Gasteiger partial charge is 0.293 e. The lowest BCUT2D eigenvalue weighted by Crippen LogP contribution is -2.28. The normalized spacial score (nSPS) is 17.1. The largest absolute Gasteiger partial charge is 0.502 e. The molecule has 3 aromatic rings. The van der Waals surface area contributed by atoms with Crippen molar-refractivity contribution >= 4 is 0 Å². The van der Waals surface area contributed by atoms with Crippen LogP contribution in [0.25, 0.3) is 0 Å². The Hall–Kier alpha value is -3.51. The summed E-state index contributed by atoms with van der Waals surface area (Å²) < 4.78 is 18.8. The predicted octanol–water partition coefficient (Wildman–Crippen LogP) is 3.37. The van der Waals surface area contributed by atoms with Crippen molar-refractivity contribution in [1.82, 2.24) is 20.2 Å². The summed E-state index contributed by atoms with van der Waals surface area (Å²) in [4.78, 5) is 20.7. The van der Waals surface area contributed by atoms with Gasteiger partial charge in [0.25, 0.3) is 5.56 Å². The van der Waals surface area contributed by atoms with Crippen molar-refractivity contribution in [2.45, 2.75) is 44.5 Å². The minimum Gasteiger partial charge on any atom is -0.502 e. The van der Waals surface area contributed by atoms with E-state index in [0.717, 1.165) is 42.7 Å². The number of likely N-dealkylation sites (tertiary alicyclic amines) is 1. The van der Waals surface area contributed by atoms with Crippen LogP contribution in [0.5, 0.6) is 5.75 Å². The maximum Gasteiger partial charge on any atom is 0.293 e. The molecule has 0 aliphatic carbocycles. The van der Waals surface area contributed by atoms with Crippen molar-refractivity contribution in [3.8, 4) is 17.6 Å². The number of rotatable bonds is 10. The van der Waals surface area contributed by atoms with E-state index in [9.17, 15) is 14.3 Å². The molecule has 2 heterocycles. The Morgan fingerprint density at radius 2 is 1.84 bits per heavy atom. The van der Waals surface area contributed by atoms with Crippen molar-refractivity contribution in [3.05, 3.63) is 93.2 Å². The molecule has 3 N–H and O–H groups in total. The lowest BCUT2D eigenvalue weighted by atomic mass is 9.93. The fraction of sp³-hybridized carbons (Fsp3) is 0.400. The third-order valence-corrected chi connectivity index (χ3v) is 6.82. The highest BCUT2D eigenvalue weighted by Crippen LogP contribution is 2.23. The number of hydrogen-bond donors (Lipinski definition) is 3. The molecule has 3 atom stereocenters. The molecular formula is C30H35FN4O3. The second kappa shape index (κ2) is 13.3. The number of halogens is 1. The summed E-state index contributed by atoms with van der Waals surface area (Å²) in [6, 6.07) is 16.2. The highest BCUT2D eigenvalue weighted by molar-refractivity contribution is 5.44. The van der Waals surface area contributed by atoms with E-state index >= 15 is 0 Å². The van der Waals surface area contributed by atoms with Gasteiger partial charge in [-0.3, -0.25) is 9.69 Å². The van der Waals surface area contributed by atoms with Gasteiger partial charge >= 0.3 is 0 Å². The molecule has 1 aliphatic heterocycles. The van der Waals surface area contributed by atoms with Crippen LogP contribution in [0.15, 0.2) is 59.7 Å². The molecule has 1 aromatic heterocycles. The number of aromatic amines is 1. The highest BCUT2D eigenvalue weighted by Gasteiger charge is 2.21. The van der Waals surface area contributed by atoms with Gasteiger partial charge in [0.15, 0.2) is 0 Å². The summed E-state index contributed by atoms with van der Waals surface area (Å²) in [5.41, 5.74) is 3.81. The number of H-pyrrole nitrogens is 1. The van der Waals surface area contributed by atoms with E-state index in [4.69, 9.17) is 4.74 Å². The SMILES string of the molecule is CO[C@@H]1CCN(Cc2ccc(C#Cc3ccc([C@@H](CNCC(C)F)Cc4nc[nH]c(=O)c4O)cc3)cc2)C1. The van der Waals surface area contributed by atoms with Crippen LogP contribution in [0.2, 0.25) is 0 Å². The van der Waals surface area contributed by atoms with Gasteiger partial charge in [0.05, 0.1) is 18.1 Å². The van der Waals surface area contributed by atoms with E-state index in [2.05, 4.69) is 56.3 Å². The fourth-order valence-electron chi connectivity index (χ4n) is 4.64. The van der Waals surface area contributed by atoms with Gasteiger partial charge in [-0.25, -0.2) is 9.37 Å². The molecule has 0 saturated carbocycles. The third kappa shape index (κ3) is 7.75. The van der Waals surface area contributed by atoms with Crippen LogP contribution in [0.4, 0.5) is 4.39 Å². The molecule has 8 heteroatoms. The maximum absolute atomic E-state index is 13.3. The van der Waals surface area contributed by atoms with Gasteiger partial charge in [-0.2, -0.15) is 0 Å². The number of methoxy groups -OCH3 is 1. The average Bonchev–Trinajstić information content (AvgIpc) is 3.38. The molecule has 1 aliphatic rings. The molecule has 200 valence electrons. The summed E-state index contributed by atoms with van der Waals surface area (Å²) in [6.45, 7) is 5.14. The minimum atomic E-state index is -0.975. The van der Waals surface area contributed by atoms with Gasteiger partial charge in [-0.1, -0.05) is 36.1 Å². The fourth-order valence-corrected chi connectivity index (χ4v) is 4.64. The number of aromatic hydroxyl groups is 1. The van der Waals surface area contributed by atoms with E-state index in [1.807, 2.05) is 24.3 Å². The molecule has 7 nitrogen and oxygen atoms in total. The zero-order valence-electron chi connectivity index (χ0n) is 21.9. The Labute approximate surface area is 223 Å². The van der Waals surface area contributed by atoms with Gasteiger partial charge < -0.3 is 20.1 Å². The van der Waals surface area contributed by atoms with Gasteiger partial charge in [0, 0.05) is 63.3 Å². The van der Waals surface area contributed by atoms with Gasteiger partial charge in [0.2, 0.25) is 5.75 Å². The van der Waals surface area contributed by atoms with Gasteiger partial charge in [-0.05, 0) is 48.7 Å². The molecule has 0 radical (unpaired) electrons. The highest BCUT2D eigenvalue weighted by atomic mass is 19.1. The Morgan fingerprint density at radius 3 is 2.47 bits per heavy atom. The second-order valence-electron chi connectivity index (χ2n) is 9.82. The lowest BCUT2D eigenvalue weighted by molar-refractivity contribution is 0.107. The van der Waals surface area contributed by atoms with Crippen LogP contribution in [0.1, 0.15) is 47.2 Å². The topological polar surface area (TPSA) is 90.5 Å². The second-order valence-corrected chi connectivity index (χ2v) is 9.82.